The molecule has 0 aliphatic heterocycles. The molecule has 9 nitrogen and oxygen atoms in total. The van der Waals surface area contributed by atoms with Crippen molar-refractivity contribution in [2.24, 2.45) is 0 Å². The number of carboxylic acids is 1. The lowest BCUT2D eigenvalue weighted by atomic mass is 10.5. The average Bonchev–Trinajstić information content (AvgIpc) is 2.40. The van der Waals surface area contributed by atoms with E-state index in [9.17, 15) is 14.4 Å². The van der Waals surface area contributed by atoms with Crippen LogP contribution in [0, 0.1) is 0 Å². The number of amides is 3. The fourth-order valence-corrected chi connectivity index (χ4v) is 1.24. The Bertz CT molecular complexity index is 323. The molecule has 0 radical (unpaired) electrons. The molecule has 0 bridgehead atoms. The van der Waals surface area contributed by atoms with Gasteiger partial charge in [-0.1, -0.05) is 0 Å². The van der Waals surface area contributed by atoms with Crippen molar-refractivity contribution in [1.29, 1.82) is 0 Å². The van der Waals surface area contributed by atoms with Crippen molar-refractivity contribution < 1.29 is 29.0 Å². The van der Waals surface area contributed by atoms with Crippen LogP contribution in [0.5, 0.6) is 0 Å². The Morgan fingerprint density at radius 1 is 1.10 bits per heavy atom. The van der Waals surface area contributed by atoms with Gasteiger partial charge in [-0.3, -0.25) is 9.59 Å². The van der Waals surface area contributed by atoms with E-state index in [1.165, 1.54) is 14.2 Å². The van der Waals surface area contributed by atoms with Gasteiger partial charge in [0.1, 0.15) is 6.54 Å². The number of urea groups is 1. The van der Waals surface area contributed by atoms with Crippen LogP contribution < -0.4 is 10.6 Å². The first-order valence-corrected chi connectivity index (χ1v) is 6.00. The van der Waals surface area contributed by atoms with Crippen molar-refractivity contribution in [3.63, 3.8) is 0 Å². The Morgan fingerprint density at radius 2 is 1.75 bits per heavy atom. The zero-order valence-corrected chi connectivity index (χ0v) is 11.7. The summed E-state index contributed by atoms with van der Waals surface area (Å²) >= 11 is 0. The minimum absolute atomic E-state index is 0.125. The summed E-state index contributed by atoms with van der Waals surface area (Å²) in [4.78, 5) is 34.7. The molecule has 9 heteroatoms. The third-order valence-corrected chi connectivity index (χ3v) is 2.21. The molecule has 0 aliphatic carbocycles. The van der Waals surface area contributed by atoms with E-state index < -0.39 is 18.5 Å². The summed E-state index contributed by atoms with van der Waals surface area (Å²) in [5.74, 6) is -1.52. The molecule has 0 aromatic carbocycles. The number of aliphatic carboxylic acids is 1. The van der Waals surface area contributed by atoms with Crippen LogP contribution in [0.1, 0.15) is 0 Å². The molecular weight excluding hydrogens is 270 g/mol. The first-order valence-electron chi connectivity index (χ1n) is 6.00. The molecule has 3 amide bonds. The average molecular weight is 291 g/mol. The molecule has 3 N–H and O–H groups in total. The molecule has 0 saturated carbocycles. The molecular formula is C11H21N3O6. The minimum Gasteiger partial charge on any atom is -0.480 e. The molecule has 0 unspecified atom stereocenters. The van der Waals surface area contributed by atoms with Gasteiger partial charge >= 0.3 is 12.0 Å². The molecule has 0 aromatic heterocycles. The fraction of sp³-hybridized carbons (Fsp3) is 0.727. The summed E-state index contributed by atoms with van der Waals surface area (Å²) in [6.07, 6.45) is 0. The highest BCUT2D eigenvalue weighted by atomic mass is 16.5. The van der Waals surface area contributed by atoms with Gasteiger partial charge in [0, 0.05) is 27.3 Å². The number of carboxylic acid groups (broad SMARTS) is 1. The SMILES string of the molecule is COCCNC(=O)CNC(=O)N(CCOC)CC(=O)O. The van der Waals surface area contributed by atoms with Gasteiger partial charge in [0.25, 0.3) is 0 Å². The van der Waals surface area contributed by atoms with E-state index in [2.05, 4.69) is 10.6 Å². The quantitative estimate of drug-likeness (QED) is 0.421. The summed E-state index contributed by atoms with van der Waals surface area (Å²) in [6, 6.07) is -0.633. The highest BCUT2D eigenvalue weighted by Gasteiger charge is 2.16. The fourth-order valence-electron chi connectivity index (χ4n) is 1.24. The zero-order valence-electron chi connectivity index (χ0n) is 11.7. The van der Waals surface area contributed by atoms with Gasteiger partial charge in [-0.2, -0.15) is 0 Å². The lowest BCUT2D eigenvalue weighted by Crippen LogP contribution is -2.47. The molecule has 0 atom stereocenters. The van der Waals surface area contributed by atoms with Gasteiger partial charge in [-0.05, 0) is 0 Å². The molecule has 0 aliphatic rings. The van der Waals surface area contributed by atoms with E-state index in [-0.39, 0.29) is 25.6 Å². The largest absolute Gasteiger partial charge is 0.480 e. The Labute approximate surface area is 117 Å². The number of carbonyl (C=O) groups excluding carboxylic acids is 2. The van der Waals surface area contributed by atoms with E-state index in [0.29, 0.717) is 13.2 Å². The summed E-state index contributed by atoms with van der Waals surface area (Å²) in [5, 5.41) is 13.6. The van der Waals surface area contributed by atoms with Crippen molar-refractivity contribution in [2.75, 3.05) is 53.6 Å². The molecule has 20 heavy (non-hydrogen) atoms. The van der Waals surface area contributed by atoms with Crippen LogP contribution in [-0.2, 0) is 19.1 Å². The number of ether oxygens (including phenoxy) is 2. The van der Waals surface area contributed by atoms with Crippen molar-refractivity contribution >= 4 is 17.9 Å². The van der Waals surface area contributed by atoms with Crippen LogP contribution >= 0.6 is 0 Å². The van der Waals surface area contributed by atoms with E-state index in [0.717, 1.165) is 4.90 Å². The van der Waals surface area contributed by atoms with Crippen LogP contribution in [0.25, 0.3) is 0 Å². The van der Waals surface area contributed by atoms with Crippen LogP contribution in [0.4, 0.5) is 4.79 Å². The maximum atomic E-state index is 11.7. The van der Waals surface area contributed by atoms with Crippen molar-refractivity contribution in [2.45, 2.75) is 0 Å². The molecule has 0 fully saturated rings. The zero-order chi connectivity index (χ0) is 15.4. The van der Waals surface area contributed by atoms with E-state index in [1.807, 2.05) is 0 Å². The summed E-state index contributed by atoms with van der Waals surface area (Å²) < 4.78 is 9.54. The summed E-state index contributed by atoms with van der Waals surface area (Å²) in [6.45, 7) is 0.360. The van der Waals surface area contributed by atoms with Crippen molar-refractivity contribution in [3.8, 4) is 0 Å². The van der Waals surface area contributed by atoms with Gasteiger partial charge in [0.05, 0.1) is 19.8 Å². The number of nitrogens with one attached hydrogen (secondary N) is 2. The first-order chi connectivity index (χ1) is 9.51. The van der Waals surface area contributed by atoms with Crippen LogP contribution in [0.2, 0.25) is 0 Å². The van der Waals surface area contributed by atoms with Crippen molar-refractivity contribution in [3.05, 3.63) is 0 Å². The van der Waals surface area contributed by atoms with E-state index in [4.69, 9.17) is 14.6 Å². The minimum atomic E-state index is -1.14. The second kappa shape index (κ2) is 11.0. The van der Waals surface area contributed by atoms with Gasteiger partial charge in [0.15, 0.2) is 0 Å². The Kier molecular flexibility index (Phi) is 9.97. The third-order valence-electron chi connectivity index (χ3n) is 2.21. The van der Waals surface area contributed by atoms with Crippen LogP contribution in [0.15, 0.2) is 0 Å². The van der Waals surface area contributed by atoms with Gasteiger partial charge < -0.3 is 30.1 Å². The molecule has 116 valence electrons. The monoisotopic (exact) mass is 291 g/mol. The predicted molar refractivity (Wildman–Crippen MR) is 69.4 cm³/mol. The van der Waals surface area contributed by atoms with Gasteiger partial charge in [-0.25, -0.2) is 4.79 Å². The maximum absolute atomic E-state index is 11.7. The van der Waals surface area contributed by atoms with Gasteiger partial charge in [0.2, 0.25) is 5.91 Å². The van der Waals surface area contributed by atoms with Crippen LogP contribution in [0.3, 0.4) is 0 Å². The smallest absolute Gasteiger partial charge is 0.323 e. The second-order valence-electron chi connectivity index (χ2n) is 3.81. The van der Waals surface area contributed by atoms with E-state index in [1.54, 1.807) is 0 Å². The van der Waals surface area contributed by atoms with E-state index >= 15 is 0 Å². The lowest BCUT2D eigenvalue weighted by molar-refractivity contribution is -0.137. The summed E-state index contributed by atoms with van der Waals surface area (Å²) in [7, 11) is 2.95. The number of hydrogen-bond acceptors (Lipinski definition) is 5. The molecule has 0 aromatic rings. The Hall–Kier alpha value is -1.87. The van der Waals surface area contributed by atoms with Crippen molar-refractivity contribution in [1.82, 2.24) is 15.5 Å². The van der Waals surface area contributed by atoms with Crippen LogP contribution in [-0.4, -0.2) is 81.5 Å². The standard InChI is InChI=1S/C11H21N3O6/c1-19-5-3-12-9(15)7-13-11(18)14(4-6-20-2)8-10(16)17/h3-8H2,1-2H3,(H,12,15)(H,13,18)(H,16,17). The molecule has 0 heterocycles. The number of rotatable bonds is 10. The number of methoxy groups -OCH3 is 2. The summed E-state index contributed by atoms with van der Waals surface area (Å²) in [5.41, 5.74) is 0. The number of nitrogens with zero attached hydrogens (tertiary/aromatic N) is 1. The Morgan fingerprint density at radius 3 is 2.30 bits per heavy atom. The second-order valence-corrected chi connectivity index (χ2v) is 3.81. The normalized spacial score (nSPS) is 9.90. The number of hydrogen-bond donors (Lipinski definition) is 3. The Balaban J connectivity index is 4.10. The molecule has 0 spiro atoms. The predicted octanol–water partition coefficient (Wildman–Crippen LogP) is -1.51. The lowest BCUT2D eigenvalue weighted by Gasteiger charge is -2.20. The number of carbonyl (C=O) groups is 3. The first kappa shape index (κ1) is 18.1. The third kappa shape index (κ3) is 9.11. The molecule has 0 saturated heterocycles. The highest BCUT2D eigenvalue weighted by molar-refractivity contribution is 5.85. The molecule has 0 rings (SSSR count). The van der Waals surface area contributed by atoms with Gasteiger partial charge in [-0.15, -0.1) is 0 Å². The topological polar surface area (TPSA) is 117 Å². The highest BCUT2D eigenvalue weighted by Crippen LogP contribution is 1.90. The maximum Gasteiger partial charge on any atom is 0.323 e.